The van der Waals surface area contributed by atoms with Gasteiger partial charge in [0.05, 0.1) is 6.20 Å². The third-order valence-electron chi connectivity index (χ3n) is 3.30. The van der Waals surface area contributed by atoms with Gasteiger partial charge in [0.2, 0.25) is 0 Å². The fourth-order valence-electron chi connectivity index (χ4n) is 2.29. The first-order chi connectivity index (χ1) is 11.2. The van der Waals surface area contributed by atoms with E-state index in [2.05, 4.69) is 10.3 Å². The van der Waals surface area contributed by atoms with Crippen LogP contribution in [0.25, 0.3) is 0 Å². The molecule has 1 N–H and O–H groups in total. The molecule has 0 bridgehead atoms. The maximum atomic E-state index is 12.6. The minimum absolute atomic E-state index is 0.0560. The number of rotatable bonds is 7. The summed E-state index contributed by atoms with van der Waals surface area (Å²) < 4.78 is 4.99. The molecule has 6 heteroatoms. The number of anilines is 1. The molecule has 2 amide bonds. The van der Waals surface area contributed by atoms with Gasteiger partial charge >= 0.3 is 6.01 Å². The highest BCUT2D eigenvalue weighted by Crippen LogP contribution is 2.12. The van der Waals surface area contributed by atoms with Crippen LogP contribution in [-0.4, -0.2) is 34.8 Å². The van der Waals surface area contributed by atoms with E-state index in [0.717, 1.165) is 12.8 Å². The molecule has 1 aromatic carbocycles. The van der Waals surface area contributed by atoms with Crippen molar-refractivity contribution in [3.63, 3.8) is 0 Å². The van der Waals surface area contributed by atoms with Crippen molar-refractivity contribution in [1.82, 2.24) is 9.88 Å². The summed E-state index contributed by atoms with van der Waals surface area (Å²) in [6, 6.07) is 6.80. The Morgan fingerprint density at radius 2 is 1.87 bits per heavy atom. The SMILES string of the molecule is CCCN(CCC)C(=O)c1cccc(C(=O)Nc2ncco2)c1. The Bertz CT molecular complexity index is 647. The van der Waals surface area contributed by atoms with Crippen LogP contribution in [0.2, 0.25) is 0 Å². The van der Waals surface area contributed by atoms with Crippen LogP contribution in [0.4, 0.5) is 6.01 Å². The molecule has 0 saturated carbocycles. The largest absolute Gasteiger partial charge is 0.432 e. The molecule has 0 aliphatic heterocycles. The Kier molecular flexibility index (Phi) is 5.91. The smallest absolute Gasteiger partial charge is 0.301 e. The maximum Gasteiger partial charge on any atom is 0.301 e. The molecule has 0 spiro atoms. The van der Waals surface area contributed by atoms with E-state index >= 15 is 0 Å². The fourth-order valence-corrected chi connectivity index (χ4v) is 2.29. The quantitative estimate of drug-likeness (QED) is 0.851. The number of hydrogen-bond acceptors (Lipinski definition) is 4. The summed E-state index contributed by atoms with van der Waals surface area (Å²) in [5.41, 5.74) is 0.897. The van der Waals surface area contributed by atoms with Gasteiger partial charge in [-0.05, 0) is 31.0 Å². The lowest BCUT2D eigenvalue weighted by Gasteiger charge is -2.21. The maximum absolute atomic E-state index is 12.6. The number of oxazole rings is 1. The van der Waals surface area contributed by atoms with Gasteiger partial charge < -0.3 is 9.32 Å². The minimum atomic E-state index is -0.361. The number of amides is 2. The normalized spacial score (nSPS) is 10.3. The number of hydrogen-bond donors (Lipinski definition) is 1. The van der Waals surface area contributed by atoms with E-state index in [-0.39, 0.29) is 17.8 Å². The summed E-state index contributed by atoms with van der Waals surface area (Å²) in [6.07, 6.45) is 4.62. The van der Waals surface area contributed by atoms with Crippen LogP contribution < -0.4 is 5.32 Å². The van der Waals surface area contributed by atoms with E-state index in [1.807, 2.05) is 18.7 Å². The number of benzene rings is 1. The lowest BCUT2D eigenvalue weighted by atomic mass is 10.1. The molecule has 0 aliphatic rings. The average molecular weight is 315 g/mol. The molecule has 0 radical (unpaired) electrons. The first kappa shape index (κ1) is 16.7. The molecular formula is C17H21N3O3. The summed E-state index contributed by atoms with van der Waals surface area (Å²) in [5, 5.41) is 2.54. The zero-order valence-electron chi connectivity index (χ0n) is 13.4. The van der Waals surface area contributed by atoms with Gasteiger partial charge in [-0.25, -0.2) is 4.98 Å². The lowest BCUT2D eigenvalue weighted by Crippen LogP contribution is -2.32. The number of nitrogens with zero attached hydrogens (tertiary/aromatic N) is 2. The Morgan fingerprint density at radius 3 is 2.48 bits per heavy atom. The third-order valence-corrected chi connectivity index (χ3v) is 3.30. The van der Waals surface area contributed by atoms with Gasteiger partial charge in [0.25, 0.3) is 11.8 Å². The summed E-state index contributed by atoms with van der Waals surface area (Å²) in [5.74, 6) is -0.417. The molecule has 6 nitrogen and oxygen atoms in total. The van der Waals surface area contributed by atoms with Crippen LogP contribution in [0.15, 0.2) is 41.1 Å². The van der Waals surface area contributed by atoms with Crippen LogP contribution >= 0.6 is 0 Å². The second kappa shape index (κ2) is 8.12. The molecule has 0 unspecified atom stereocenters. The van der Waals surface area contributed by atoms with Crippen LogP contribution in [0, 0.1) is 0 Å². The van der Waals surface area contributed by atoms with Crippen molar-refractivity contribution in [2.24, 2.45) is 0 Å². The summed E-state index contributed by atoms with van der Waals surface area (Å²) in [7, 11) is 0. The Hall–Kier alpha value is -2.63. The fraction of sp³-hybridized carbons (Fsp3) is 0.353. The highest BCUT2D eigenvalue weighted by atomic mass is 16.4. The highest BCUT2D eigenvalue weighted by molar-refractivity contribution is 6.05. The first-order valence-corrected chi connectivity index (χ1v) is 7.75. The van der Waals surface area contributed by atoms with Gasteiger partial charge in [-0.15, -0.1) is 0 Å². The molecule has 0 fully saturated rings. The van der Waals surface area contributed by atoms with Crippen molar-refractivity contribution in [2.75, 3.05) is 18.4 Å². The molecule has 2 rings (SSSR count). The second-order valence-electron chi connectivity index (χ2n) is 5.16. The zero-order valence-corrected chi connectivity index (χ0v) is 13.4. The van der Waals surface area contributed by atoms with Crippen molar-refractivity contribution in [1.29, 1.82) is 0 Å². The monoisotopic (exact) mass is 315 g/mol. The van der Waals surface area contributed by atoms with Gasteiger partial charge in [0, 0.05) is 24.2 Å². The van der Waals surface area contributed by atoms with Crippen molar-refractivity contribution < 1.29 is 14.0 Å². The number of carbonyl (C=O) groups is 2. The van der Waals surface area contributed by atoms with E-state index < -0.39 is 0 Å². The number of carbonyl (C=O) groups excluding carboxylic acids is 2. The summed E-state index contributed by atoms with van der Waals surface area (Å²) in [6.45, 7) is 5.49. The van der Waals surface area contributed by atoms with Gasteiger partial charge in [-0.2, -0.15) is 0 Å². The van der Waals surface area contributed by atoms with Crippen molar-refractivity contribution in [2.45, 2.75) is 26.7 Å². The van der Waals surface area contributed by atoms with Crippen molar-refractivity contribution in [3.8, 4) is 0 Å². The van der Waals surface area contributed by atoms with E-state index in [9.17, 15) is 9.59 Å². The molecule has 1 heterocycles. The van der Waals surface area contributed by atoms with Gasteiger partial charge in [-0.1, -0.05) is 19.9 Å². The van der Waals surface area contributed by atoms with Crippen LogP contribution in [0.5, 0.6) is 0 Å². The minimum Gasteiger partial charge on any atom is -0.432 e. The van der Waals surface area contributed by atoms with Gasteiger partial charge in [0.1, 0.15) is 6.26 Å². The molecule has 0 atom stereocenters. The second-order valence-corrected chi connectivity index (χ2v) is 5.16. The van der Waals surface area contributed by atoms with E-state index in [4.69, 9.17) is 4.42 Å². The molecule has 1 aromatic heterocycles. The molecular weight excluding hydrogens is 294 g/mol. The first-order valence-electron chi connectivity index (χ1n) is 7.75. The number of aromatic nitrogens is 1. The average Bonchev–Trinajstić information content (AvgIpc) is 3.07. The van der Waals surface area contributed by atoms with Gasteiger partial charge in [-0.3, -0.25) is 14.9 Å². The van der Waals surface area contributed by atoms with E-state index in [1.54, 1.807) is 24.3 Å². The van der Waals surface area contributed by atoms with Crippen LogP contribution in [0.3, 0.4) is 0 Å². The predicted octanol–water partition coefficient (Wildman–Crippen LogP) is 3.19. The van der Waals surface area contributed by atoms with Crippen LogP contribution in [-0.2, 0) is 0 Å². The topological polar surface area (TPSA) is 75.4 Å². The van der Waals surface area contributed by atoms with Crippen LogP contribution in [0.1, 0.15) is 47.4 Å². The molecule has 0 aliphatic carbocycles. The van der Waals surface area contributed by atoms with E-state index in [0.29, 0.717) is 24.2 Å². The standard InChI is InChI=1S/C17H21N3O3/c1-3-9-20(10-4-2)16(22)14-7-5-6-13(12-14)15(21)19-17-18-8-11-23-17/h5-8,11-12H,3-4,9-10H2,1-2H3,(H,18,19,21). The molecule has 0 saturated heterocycles. The molecule has 122 valence electrons. The molecule has 2 aromatic rings. The summed E-state index contributed by atoms with van der Waals surface area (Å²) >= 11 is 0. The Balaban J connectivity index is 2.14. The zero-order chi connectivity index (χ0) is 16.7. The number of nitrogens with one attached hydrogen (secondary N) is 1. The summed E-state index contributed by atoms with van der Waals surface area (Å²) in [4.78, 5) is 30.4. The van der Waals surface area contributed by atoms with Crippen molar-refractivity contribution in [3.05, 3.63) is 47.9 Å². The third kappa shape index (κ3) is 4.42. The Morgan fingerprint density at radius 1 is 1.17 bits per heavy atom. The van der Waals surface area contributed by atoms with E-state index in [1.165, 1.54) is 12.5 Å². The highest BCUT2D eigenvalue weighted by Gasteiger charge is 2.16. The lowest BCUT2D eigenvalue weighted by molar-refractivity contribution is 0.0755. The van der Waals surface area contributed by atoms with Crippen molar-refractivity contribution >= 4 is 17.8 Å². The Labute approximate surface area is 135 Å². The predicted molar refractivity (Wildman–Crippen MR) is 87.4 cm³/mol. The van der Waals surface area contributed by atoms with Gasteiger partial charge in [0.15, 0.2) is 0 Å². The molecule has 23 heavy (non-hydrogen) atoms.